The monoisotopic (exact) mass is 373 g/mol. The summed E-state index contributed by atoms with van der Waals surface area (Å²) < 4.78 is 32.1. The van der Waals surface area contributed by atoms with Crippen molar-refractivity contribution in [2.24, 2.45) is 0 Å². The largest absolute Gasteiger partial charge is 0.378 e. The topological polar surface area (TPSA) is 70.2 Å². The van der Waals surface area contributed by atoms with Gasteiger partial charge in [-0.2, -0.15) is 4.31 Å². The summed E-state index contributed by atoms with van der Waals surface area (Å²) in [4.78, 5) is 16.1. The molecule has 1 unspecified atom stereocenters. The molecule has 1 aromatic carbocycles. The van der Waals surface area contributed by atoms with Gasteiger partial charge in [0.1, 0.15) is 0 Å². The molecule has 0 spiro atoms. The maximum atomic E-state index is 12.7. The Labute approximate surface area is 146 Å². The average molecular weight is 374 g/mol. The van der Waals surface area contributed by atoms with E-state index in [4.69, 9.17) is 16.3 Å². The molecule has 0 saturated carbocycles. The van der Waals surface area contributed by atoms with Crippen LogP contribution >= 0.6 is 11.6 Å². The lowest BCUT2D eigenvalue weighted by molar-refractivity contribution is 0.0424. The lowest BCUT2D eigenvalue weighted by Crippen LogP contribution is -2.49. The van der Waals surface area contributed by atoms with Gasteiger partial charge < -0.3 is 14.5 Å². The maximum absolute atomic E-state index is 12.7. The Kier molecular flexibility index (Phi) is 5.00. The normalized spacial score (nSPS) is 22.8. The van der Waals surface area contributed by atoms with Crippen molar-refractivity contribution in [3.8, 4) is 0 Å². The standard InChI is InChI=1S/C15H20ClN3O4S/c1-12-10-18(24(21,22)14-4-2-13(16)3-5-14)11-19(12)15(20)17-6-8-23-9-7-17/h2-5,12H,6-11H2,1H3. The number of morpholine rings is 1. The quantitative estimate of drug-likeness (QED) is 0.786. The second kappa shape index (κ2) is 6.87. The summed E-state index contributed by atoms with van der Waals surface area (Å²) in [6, 6.07) is 5.74. The highest BCUT2D eigenvalue weighted by atomic mass is 35.5. The molecule has 0 bridgehead atoms. The van der Waals surface area contributed by atoms with Gasteiger partial charge >= 0.3 is 6.03 Å². The van der Waals surface area contributed by atoms with E-state index < -0.39 is 10.0 Å². The number of hydrogen-bond acceptors (Lipinski definition) is 4. The fraction of sp³-hybridized carbons (Fsp3) is 0.533. The molecular weight excluding hydrogens is 354 g/mol. The smallest absolute Gasteiger partial charge is 0.321 e. The van der Waals surface area contributed by atoms with Crippen molar-refractivity contribution >= 4 is 27.7 Å². The molecule has 0 aromatic heterocycles. The van der Waals surface area contributed by atoms with E-state index in [0.717, 1.165) is 0 Å². The number of urea groups is 1. The van der Waals surface area contributed by atoms with Crippen LogP contribution in [0.5, 0.6) is 0 Å². The molecule has 1 atom stereocenters. The molecule has 24 heavy (non-hydrogen) atoms. The highest BCUT2D eigenvalue weighted by Gasteiger charge is 2.39. The third-order valence-corrected chi connectivity index (χ3v) is 6.35. The molecule has 2 heterocycles. The maximum Gasteiger partial charge on any atom is 0.321 e. The molecule has 7 nitrogen and oxygen atoms in total. The number of sulfonamides is 1. The van der Waals surface area contributed by atoms with Crippen LogP contribution in [0.15, 0.2) is 29.2 Å². The van der Waals surface area contributed by atoms with Crippen molar-refractivity contribution in [3.05, 3.63) is 29.3 Å². The molecule has 2 aliphatic rings. The molecule has 0 aliphatic carbocycles. The van der Waals surface area contributed by atoms with E-state index in [-0.39, 0.29) is 30.2 Å². The summed E-state index contributed by atoms with van der Waals surface area (Å²) in [7, 11) is -3.65. The number of carbonyl (C=O) groups excluding carboxylic acids is 1. The number of rotatable bonds is 2. The Morgan fingerprint density at radius 3 is 2.46 bits per heavy atom. The zero-order valence-corrected chi connectivity index (χ0v) is 15.0. The molecule has 0 N–H and O–H groups in total. The van der Waals surface area contributed by atoms with Crippen LogP contribution in [0.3, 0.4) is 0 Å². The molecule has 2 saturated heterocycles. The average Bonchev–Trinajstić information content (AvgIpc) is 2.98. The number of halogens is 1. The second-order valence-electron chi connectivity index (χ2n) is 5.94. The third-order valence-electron chi connectivity index (χ3n) is 4.29. The lowest BCUT2D eigenvalue weighted by atomic mass is 10.3. The molecule has 2 aliphatic heterocycles. The van der Waals surface area contributed by atoms with Crippen molar-refractivity contribution in [2.75, 3.05) is 39.5 Å². The van der Waals surface area contributed by atoms with Crippen molar-refractivity contribution in [3.63, 3.8) is 0 Å². The first-order valence-corrected chi connectivity index (χ1v) is 9.60. The molecule has 3 rings (SSSR count). The first-order chi connectivity index (χ1) is 11.4. The van der Waals surface area contributed by atoms with Gasteiger partial charge in [-0.05, 0) is 31.2 Å². The Bertz CT molecular complexity index is 704. The van der Waals surface area contributed by atoms with E-state index in [1.165, 1.54) is 16.4 Å². The molecule has 132 valence electrons. The Morgan fingerprint density at radius 1 is 1.21 bits per heavy atom. The molecule has 0 radical (unpaired) electrons. The zero-order valence-electron chi connectivity index (χ0n) is 13.4. The number of ether oxygens (including phenoxy) is 1. The highest BCUT2D eigenvalue weighted by molar-refractivity contribution is 7.89. The van der Waals surface area contributed by atoms with Gasteiger partial charge in [-0.15, -0.1) is 0 Å². The minimum Gasteiger partial charge on any atom is -0.378 e. The molecule has 1 aromatic rings. The highest BCUT2D eigenvalue weighted by Crippen LogP contribution is 2.24. The van der Waals surface area contributed by atoms with Crippen LogP contribution < -0.4 is 0 Å². The summed E-state index contributed by atoms with van der Waals surface area (Å²) >= 11 is 5.82. The third kappa shape index (κ3) is 3.37. The Morgan fingerprint density at radius 2 is 1.83 bits per heavy atom. The number of benzene rings is 1. The predicted molar refractivity (Wildman–Crippen MR) is 89.3 cm³/mol. The van der Waals surface area contributed by atoms with Crippen LogP contribution in [-0.4, -0.2) is 74.1 Å². The molecule has 9 heteroatoms. The van der Waals surface area contributed by atoms with Crippen LogP contribution in [0, 0.1) is 0 Å². The summed E-state index contributed by atoms with van der Waals surface area (Å²) in [6.07, 6.45) is 0. The fourth-order valence-corrected chi connectivity index (χ4v) is 4.47. The van der Waals surface area contributed by atoms with Crippen LogP contribution in [0.25, 0.3) is 0 Å². The zero-order chi connectivity index (χ0) is 17.3. The van der Waals surface area contributed by atoms with E-state index in [9.17, 15) is 13.2 Å². The SMILES string of the molecule is CC1CN(S(=O)(=O)c2ccc(Cl)cc2)CN1C(=O)N1CCOCC1. The van der Waals surface area contributed by atoms with E-state index in [1.807, 2.05) is 6.92 Å². The number of amides is 2. The van der Waals surface area contributed by atoms with E-state index in [1.54, 1.807) is 21.9 Å². The summed E-state index contributed by atoms with van der Waals surface area (Å²) in [5.74, 6) is 0. The second-order valence-corrected chi connectivity index (χ2v) is 8.31. The van der Waals surface area contributed by atoms with Gasteiger partial charge in [0, 0.05) is 30.7 Å². The predicted octanol–water partition coefficient (Wildman–Crippen LogP) is 1.44. The van der Waals surface area contributed by atoms with Crippen LogP contribution in [0.4, 0.5) is 4.79 Å². The molecule has 2 amide bonds. The van der Waals surface area contributed by atoms with Gasteiger partial charge in [0.2, 0.25) is 10.0 Å². The van der Waals surface area contributed by atoms with E-state index >= 15 is 0 Å². The van der Waals surface area contributed by atoms with Crippen LogP contribution in [0.1, 0.15) is 6.92 Å². The van der Waals surface area contributed by atoms with E-state index in [2.05, 4.69) is 0 Å². The first-order valence-electron chi connectivity index (χ1n) is 7.78. The van der Waals surface area contributed by atoms with Gasteiger partial charge in [0.05, 0.1) is 24.8 Å². The number of carbonyl (C=O) groups is 1. The fourth-order valence-electron chi connectivity index (χ4n) is 2.88. The van der Waals surface area contributed by atoms with Crippen molar-refractivity contribution in [1.29, 1.82) is 0 Å². The molecular formula is C15H20ClN3O4S. The Balaban J connectivity index is 1.75. The lowest BCUT2D eigenvalue weighted by Gasteiger charge is -2.32. The summed E-state index contributed by atoms with van der Waals surface area (Å²) in [5.41, 5.74) is 0. The Hall–Kier alpha value is -1.35. The van der Waals surface area contributed by atoms with Crippen molar-refractivity contribution in [1.82, 2.24) is 14.1 Å². The first kappa shape index (κ1) is 17.5. The van der Waals surface area contributed by atoms with Crippen molar-refractivity contribution in [2.45, 2.75) is 17.9 Å². The minimum atomic E-state index is -3.65. The number of nitrogens with zero attached hydrogens (tertiary/aromatic N) is 3. The summed E-state index contributed by atoms with van der Waals surface area (Å²) in [6.45, 7) is 4.29. The van der Waals surface area contributed by atoms with Gasteiger partial charge in [-0.25, -0.2) is 13.2 Å². The van der Waals surface area contributed by atoms with Crippen LogP contribution in [-0.2, 0) is 14.8 Å². The molecule has 2 fully saturated rings. The van der Waals surface area contributed by atoms with Gasteiger partial charge in [0.15, 0.2) is 0 Å². The van der Waals surface area contributed by atoms with E-state index in [0.29, 0.717) is 31.3 Å². The summed E-state index contributed by atoms with van der Waals surface area (Å²) in [5, 5.41) is 0.480. The van der Waals surface area contributed by atoms with Crippen LogP contribution in [0.2, 0.25) is 5.02 Å². The van der Waals surface area contributed by atoms with Crippen molar-refractivity contribution < 1.29 is 17.9 Å². The minimum absolute atomic E-state index is 0.0579. The number of hydrogen-bond donors (Lipinski definition) is 0. The van der Waals surface area contributed by atoms with Gasteiger partial charge in [0.25, 0.3) is 0 Å². The van der Waals surface area contributed by atoms with Gasteiger partial charge in [-0.1, -0.05) is 11.6 Å². The van der Waals surface area contributed by atoms with Gasteiger partial charge in [-0.3, -0.25) is 0 Å².